The summed E-state index contributed by atoms with van der Waals surface area (Å²) in [6.07, 6.45) is 1.43. The number of nitrogens with zero attached hydrogens (tertiary/aromatic N) is 4. The summed E-state index contributed by atoms with van der Waals surface area (Å²) in [5.41, 5.74) is 1.85. The Kier molecular flexibility index (Phi) is 6.47. The Bertz CT molecular complexity index is 1220. The van der Waals surface area contributed by atoms with Crippen molar-refractivity contribution < 1.29 is 23.9 Å². The van der Waals surface area contributed by atoms with E-state index in [2.05, 4.69) is 10.1 Å². The molecule has 0 aliphatic carbocycles. The van der Waals surface area contributed by atoms with Crippen LogP contribution in [-0.2, 0) is 4.74 Å². The summed E-state index contributed by atoms with van der Waals surface area (Å²) in [6, 6.07) is 10.4. The Balaban J connectivity index is 1.78. The van der Waals surface area contributed by atoms with Crippen molar-refractivity contribution in [2.24, 2.45) is 10.1 Å². The van der Waals surface area contributed by atoms with Gasteiger partial charge in [-0.15, -0.1) is 11.3 Å². The lowest BCUT2D eigenvalue weighted by Crippen LogP contribution is -2.14. The van der Waals surface area contributed by atoms with Crippen LogP contribution >= 0.6 is 11.3 Å². The molecule has 3 aromatic rings. The SMILES string of the molecule is COCCN=c1scc(-c2ccc(OC)cc2)n1/N=C/c1cc2c(cc1[N+](=O)[O-])OCO2. The molecule has 0 radical (unpaired) electrons. The number of rotatable bonds is 8. The lowest BCUT2D eigenvalue weighted by Gasteiger charge is -2.06. The maximum absolute atomic E-state index is 11.6. The van der Waals surface area contributed by atoms with Crippen LogP contribution in [0.4, 0.5) is 5.69 Å². The quantitative estimate of drug-likeness (QED) is 0.223. The molecule has 1 aliphatic heterocycles. The first-order chi connectivity index (χ1) is 15.6. The van der Waals surface area contributed by atoms with Gasteiger partial charge in [0.2, 0.25) is 11.6 Å². The highest BCUT2D eigenvalue weighted by Gasteiger charge is 2.22. The van der Waals surface area contributed by atoms with Crippen molar-refractivity contribution in [1.82, 2.24) is 4.68 Å². The Morgan fingerprint density at radius 1 is 1.22 bits per heavy atom. The van der Waals surface area contributed by atoms with E-state index in [-0.39, 0.29) is 12.5 Å². The van der Waals surface area contributed by atoms with Crippen LogP contribution in [0, 0.1) is 10.1 Å². The van der Waals surface area contributed by atoms with E-state index in [0.717, 1.165) is 17.0 Å². The largest absolute Gasteiger partial charge is 0.497 e. The van der Waals surface area contributed by atoms with Gasteiger partial charge in [0.1, 0.15) is 5.75 Å². The van der Waals surface area contributed by atoms with Crippen LogP contribution in [-0.4, -0.2) is 50.0 Å². The number of thiazole rings is 1. The monoisotopic (exact) mass is 456 g/mol. The molecule has 0 saturated carbocycles. The number of benzene rings is 2. The third-order valence-electron chi connectivity index (χ3n) is 4.64. The lowest BCUT2D eigenvalue weighted by molar-refractivity contribution is -0.385. The van der Waals surface area contributed by atoms with Crippen LogP contribution in [0.3, 0.4) is 0 Å². The van der Waals surface area contributed by atoms with Crippen LogP contribution < -0.4 is 19.0 Å². The fraction of sp³-hybridized carbons (Fsp3) is 0.238. The second-order valence-corrected chi connectivity index (χ2v) is 7.42. The van der Waals surface area contributed by atoms with Crippen molar-refractivity contribution >= 4 is 23.2 Å². The molecule has 2 heterocycles. The molecule has 0 fully saturated rings. The zero-order chi connectivity index (χ0) is 22.5. The van der Waals surface area contributed by atoms with Gasteiger partial charge >= 0.3 is 0 Å². The zero-order valence-electron chi connectivity index (χ0n) is 17.4. The minimum Gasteiger partial charge on any atom is -0.497 e. The van der Waals surface area contributed by atoms with Gasteiger partial charge in [0, 0.05) is 18.1 Å². The minimum atomic E-state index is -0.476. The van der Waals surface area contributed by atoms with Crippen LogP contribution in [0.25, 0.3) is 11.3 Å². The zero-order valence-corrected chi connectivity index (χ0v) is 18.2. The molecule has 1 aliphatic rings. The summed E-state index contributed by atoms with van der Waals surface area (Å²) < 4.78 is 22.6. The molecular formula is C21H20N4O6S. The van der Waals surface area contributed by atoms with Crippen LogP contribution in [0.15, 0.2) is 51.9 Å². The molecule has 1 aromatic heterocycles. The molecule has 32 heavy (non-hydrogen) atoms. The van der Waals surface area contributed by atoms with Gasteiger partial charge in [0.15, 0.2) is 11.5 Å². The van der Waals surface area contributed by atoms with E-state index in [1.807, 2.05) is 29.6 Å². The number of aromatic nitrogens is 1. The van der Waals surface area contributed by atoms with Crippen molar-refractivity contribution in [2.45, 2.75) is 0 Å². The summed E-state index contributed by atoms with van der Waals surface area (Å²) in [4.78, 5) is 16.3. The molecule has 2 aromatic carbocycles. The highest BCUT2D eigenvalue weighted by atomic mass is 32.1. The van der Waals surface area contributed by atoms with Gasteiger partial charge in [-0.1, -0.05) is 0 Å². The first kappa shape index (κ1) is 21.5. The first-order valence-electron chi connectivity index (χ1n) is 9.57. The first-order valence-corrected chi connectivity index (χ1v) is 10.5. The Morgan fingerprint density at radius 3 is 2.66 bits per heavy atom. The van der Waals surface area contributed by atoms with Crippen LogP contribution in [0.1, 0.15) is 5.56 Å². The predicted octanol–water partition coefficient (Wildman–Crippen LogP) is 3.29. The fourth-order valence-electron chi connectivity index (χ4n) is 3.04. The highest BCUT2D eigenvalue weighted by molar-refractivity contribution is 7.07. The molecule has 0 N–H and O–H groups in total. The standard InChI is InChI=1S/C21H20N4O6S/c1-28-8-7-22-21-24(18(12-32-21)14-3-5-16(29-2)6-4-14)23-11-15-9-19-20(31-13-30-19)10-17(15)25(26)27/h3-6,9-12H,7-8,13H2,1-2H3/b22-21?,23-11+. The van der Waals surface area contributed by atoms with Crippen molar-refractivity contribution in [3.63, 3.8) is 0 Å². The molecule has 0 unspecified atom stereocenters. The Morgan fingerprint density at radius 2 is 1.97 bits per heavy atom. The van der Waals surface area contributed by atoms with Crippen LogP contribution in [0.5, 0.6) is 17.2 Å². The summed E-state index contributed by atoms with van der Waals surface area (Å²) >= 11 is 1.41. The molecule has 0 amide bonds. The smallest absolute Gasteiger partial charge is 0.282 e. The maximum Gasteiger partial charge on any atom is 0.282 e. The van der Waals surface area contributed by atoms with Crippen LogP contribution in [0.2, 0.25) is 0 Å². The number of nitro groups is 1. The molecule has 0 saturated heterocycles. The van der Waals surface area contributed by atoms with E-state index in [9.17, 15) is 10.1 Å². The summed E-state index contributed by atoms with van der Waals surface area (Å²) in [7, 11) is 3.22. The van der Waals surface area contributed by atoms with Crippen molar-refractivity contribution in [2.75, 3.05) is 34.2 Å². The third kappa shape index (κ3) is 4.48. The molecule has 10 nitrogen and oxygen atoms in total. The number of fused-ring (bicyclic) bond motifs is 1. The average molecular weight is 456 g/mol. The van der Waals surface area contributed by atoms with Gasteiger partial charge in [-0.3, -0.25) is 15.1 Å². The normalized spacial score (nSPS) is 13.1. The van der Waals surface area contributed by atoms with E-state index in [1.54, 1.807) is 25.0 Å². The van der Waals surface area contributed by atoms with E-state index >= 15 is 0 Å². The number of methoxy groups -OCH3 is 2. The minimum absolute atomic E-state index is 0.0243. The summed E-state index contributed by atoms with van der Waals surface area (Å²) in [6.45, 7) is 0.947. The van der Waals surface area contributed by atoms with Gasteiger partial charge in [-0.2, -0.15) is 5.10 Å². The molecule has 166 valence electrons. The average Bonchev–Trinajstić information content (AvgIpc) is 3.43. The Hall–Kier alpha value is -3.70. The third-order valence-corrected chi connectivity index (χ3v) is 5.50. The molecule has 0 bridgehead atoms. The van der Waals surface area contributed by atoms with E-state index in [1.165, 1.54) is 23.6 Å². The van der Waals surface area contributed by atoms with Gasteiger partial charge in [-0.05, 0) is 30.3 Å². The molecule has 11 heteroatoms. The van der Waals surface area contributed by atoms with Crippen molar-refractivity contribution in [1.29, 1.82) is 0 Å². The van der Waals surface area contributed by atoms with Crippen molar-refractivity contribution in [3.05, 3.63) is 62.3 Å². The Labute approximate surface area is 187 Å². The van der Waals surface area contributed by atoms with E-state index in [4.69, 9.17) is 18.9 Å². The van der Waals surface area contributed by atoms with Gasteiger partial charge < -0.3 is 18.9 Å². The number of ether oxygens (including phenoxy) is 4. The second-order valence-electron chi connectivity index (χ2n) is 6.58. The van der Waals surface area contributed by atoms with Gasteiger partial charge in [-0.25, -0.2) is 4.68 Å². The highest BCUT2D eigenvalue weighted by Crippen LogP contribution is 2.37. The second kappa shape index (κ2) is 9.62. The van der Waals surface area contributed by atoms with Gasteiger partial charge in [0.05, 0.1) is 48.7 Å². The maximum atomic E-state index is 11.6. The number of hydrogen-bond acceptors (Lipinski definition) is 9. The topological polar surface area (TPSA) is 110 Å². The lowest BCUT2D eigenvalue weighted by atomic mass is 10.1. The van der Waals surface area contributed by atoms with Crippen molar-refractivity contribution in [3.8, 4) is 28.5 Å². The number of nitro benzene ring substituents is 1. The van der Waals surface area contributed by atoms with E-state index < -0.39 is 4.92 Å². The van der Waals surface area contributed by atoms with Gasteiger partial charge in [0.25, 0.3) is 5.69 Å². The van der Waals surface area contributed by atoms with E-state index in [0.29, 0.717) is 35.0 Å². The fourth-order valence-corrected chi connectivity index (χ4v) is 3.90. The molecule has 0 atom stereocenters. The molecular weight excluding hydrogens is 436 g/mol. The molecule has 4 rings (SSSR count). The predicted molar refractivity (Wildman–Crippen MR) is 119 cm³/mol. The summed E-state index contributed by atoms with van der Waals surface area (Å²) in [5.74, 6) is 1.51. The molecule has 0 spiro atoms. The summed E-state index contributed by atoms with van der Waals surface area (Å²) in [5, 5.41) is 18.0. The number of hydrogen-bond donors (Lipinski definition) is 0.